The summed E-state index contributed by atoms with van der Waals surface area (Å²) >= 11 is 0. The highest BCUT2D eigenvalue weighted by Gasteiger charge is 2.09. The second kappa shape index (κ2) is 3.95. The minimum absolute atomic E-state index is 0.149. The monoisotopic (exact) mass is 242 g/mol. The standard InChI is InChI=1S/C11H10N6O/c12-10-14-15-11-13-9(18)8(16-17(10)11)6-7-4-2-1-3-5-7/h1-5H,6H2,(H2,12,14)(H,13,15,18). The zero-order valence-electron chi connectivity index (χ0n) is 9.37. The van der Waals surface area contributed by atoms with E-state index in [4.69, 9.17) is 5.73 Å². The van der Waals surface area contributed by atoms with Gasteiger partial charge in [0.15, 0.2) is 0 Å². The van der Waals surface area contributed by atoms with E-state index in [1.54, 1.807) is 0 Å². The Morgan fingerprint density at radius 1 is 1.22 bits per heavy atom. The molecule has 0 aliphatic carbocycles. The quantitative estimate of drug-likeness (QED) is 0.657. The van der Waals surface area contributed by atoms with Crippen LogP contribution in [0.3, 0.4) is 0 Å². The van der Waals surface area contributed by atoms with Gasteiger partial charge in [-0.15, -0.1) is 10.2 Å². The van der Waals surface area contributed by atoms with Gasteiger partial charge in [-0.25, -0.2) is 0 Å². The van der Waals surface area contributed by atoms with E-state index in [1.165, 1.54) is 4.52 Å². The van der Waals surface area contributed by atoms with Gasteiger partial charge < -0.3 is 5.73 Å². The van der Waals surface area contributed by atoms with E-state index >= 15 is 0 Å². The van der Waals surface area contributed by atoms with E-state index in [0.29, 0.717) is 12.1 Å². The second-order valence-corrected chi connectivity index (χ2v) is 3.86. The molecule has 0 amide bonds. The molecular formula is C11H10N6O. The molecule has 0 fully saturated rings. The van der Waals surface area contributed by atoms with Crippen molar-refractivity contribution in [3.8, 4) is 0 Å². The van der Waals surface area contributed by atoms with Crippen LogP contribution in [0.25, 0.3) is 5.78 Å². The Balaban J connectivity index is 2.09. The molecule has 0 radical (unpaired) electrons. The molecule has 2 aromatic heterocycles. The lowest BCUT2D eigenvalue weighted by Gasteiger charge is -2.00. The number of nitrogens with zero attached hydrogens (tertiary/aromatic N) is 4. The van der Waals surface area contributed by atoms with Crippen molar-refractivity contribution in [1.29, 1.82) is 0 Å². The Bertz CT molecular complexity index is 745. The molecule has 0 saturated heterocycles. The van der Waals surface area contributed by atoms with Gasteiger partial charge >= 0.3 is 0 Å². The number of hydrogen-bond donors (Lipinski definition) is 2. The molecule has 0 aliphatic rings. The lowest BCUT2D eigenvalue weighted by Crippen LogP contribution is -2.19. The molecule has 0 unspecified atom stereocenters. The molecule has 0 saturated carbocycles. The predicted molar refractivity (Wildman–Crippen MR) is 65.1 cm³/mol. The molecule has 2 heterocycles. The Morgan fingerprint density at radius 3 is 2.78 bits per heavy atom. The smallest absolute Gasteiger partial charge is 0.274 e. The number of benzene rings is 1. The van der Waals surface area contributed by atoms with Crippen LogP contribution in [-0.2, 0) is 6.42 Å². The van der Waals surface area contributed by atoms with E-state index in [9.17, 15) is 4.79 Å². The maximum Gasteiger partial charge on any atom is 0.274 e. The molecule has 0 bridgehead atoms. The number of H-pyrrole nitrogens is 1. The molecule has 0 spiro atoms. The molecule has 90 valence electrons. The normalized spacial score (nSPS) is 10.9. The third-order valence-electron chi connectivity index (χ3n) is 2.59. The Labute approximate surface area is 101 Å². The van der Waals surface area contributed by atoms with Crippen molar-refractivity contribution in [2.45, 2.75) is 6.42 Å². The van der Waals surface area contributed by atoms with Gasteiger partial charge in [-0.2, -0.15) is 9.61 Å². The summed E-state index contributed by atoms with van der Waals surface area (Å²) < 4.78 is 1.32. The average Bonchev–Trinajstić information content (AvgIpc) is 2.73. The minimum Gasteiger partial charge on any atom is -0.366 e. The largest absolute Gasteiger partial charge is 0.366 e. The van der Waals surface area contributed by atoms with Crippen molar-refractivity contribution in [3.05, 3.63) is 51.9 Å². The van der Waals surface area contributed by atoms with Gasteiger partial charge in [0.1, 0.15) is 5.69 Å². The van der Waals surface area contributed by atoms with E-state index < -0.39 is 0 Å². The van der Waals surface area contributed by atoms with E-state index in [0.717, 1.165) is 5.56 Å². The Hall–Kier alpha value is -2.70. The summed E-state index contributed by atoms with van der Waals surface area (Å²) in [6, 6.07) is 9.61. The first-order chi connectivity index (χ1) is 8.74. The van der Waals surface area contributed by atoms with Gasteiger partial charge in [0.05, 0.1) is 0 Å². The lowest BCUT2D eigenvalue weighted by molar-refractivity contribution is 0.831. The first-order valence-electron chi connectivity index (χ1n) is 5.38. The summed E-state index contributed by atoms with van der Waals surface area (Å²) in [4.78, 5) is 14.4. The number of rotatable bonds is 2. The van der Waals surface area contributed by atoms with Crippen LogP contribution in [-0.4, -0.2) is 24.8 Å². The molecule has 1 aromatic carbocycles. The van der Waals surface area contributed by atoms with Crippen LogP contribution in [0.2, 0.25) is 0 Å². The topological polar surface area (TPSA) is 102 Å². The van der Waals surface area contributed by atoms with Crippen LogP contribution in [0.1, 0.15) is 11.3 Å². The molecule has 3 N–H and O–H groups in total. The summed E-state index contributed by atoms with van der Waals surface area (Å²) in [5.41, 5.74) is 6.69. The number of anilines is 1. The van der Waals surface area contributed by atoms with Crippen molar-refractivity contribution in [2.24, 2.45) is 0 Å². The molecule has 3 rings (SSSR count). The first-order valence-corrected chi connectivity index (χ1v) is 5.38. The van der Waals surface area contributed by atoms with Crippen LogP contribution in [0, 0.1) is 0 Å². The summed E-state index contributed by atoms with van der Waals surface area (Å²) in [5, 5.41) is 11.5. The number of nitrogen functional groups attached to an aromatic ring is 1. The lowest BCUT2D eigenvalue weighted by atomic mass is 10.1. The second-order valence-electron chi connectivity index (χ2n) is 3.86. The van der Waals surface area contributed by atoms with Gasteiger partial charge in [-0.3, -0.25) is 9.78 Å². The fourth-order valence-electron chi connectivity index (χ4n) is 1.71. The highest BCUT2D eigenvalue weighted by Crippen LogP contribution is 2.04. The van der Waals surface area contributed by atoms with Gasteiger partial charge in [0.25, 0.3) is 11.3 Å². The van der Waals surface area contributed by atoms with Crippen molar-refractivity contribution < 1.29 is 0 Å². The van der Waals surface area contributed by atoms with Crippen molar-refractivity contribution >= 4 is 11.7 Å². The van der Waals surface area contributed by atoms with Crippen LogP contribution in [0.4, 0.5) is 5.95 Å². The summed E-state index contributed by atoms with van der Waals surface area (Å²) in [6.45, 7) is 0. The highest BCUT2D eigenvalue weighted by molar-refractivity contribution is 5.33. The molecule has 7 heteroatoms. The number of aromatic amines is 1. The van der Waals surface area contributed by atoms with Crippen molar-refractivity contribution in [2.75, 3.05) is 5.73 Å². The number of nitrogens with two attached hydrogens (primary N) is 1. The van der Waals surface area contributed by atoms with Gasteiger partial charge in [-0.1, -0.05) is 30.3 Å². The van der Waals surface area contributed by atoms with Crippen LogP contribution in [0.15, 0.2) is 35.1 Å². The van der Waals surface area contributed by atoms with Crippen LogP contribution >= 0.6 is 0 Å². The van der Waals surface area contributed by atoms with Crippen molar-refractivity contribution in [3.63, 3.8) is 0 Å². The van der Waals surface area contributed by atoms with Crippen LogP contribution in [0.5, 0.6) is 0 Å². The predicted octanol–water partition coefficient (Wildman–Crippen LogP) is -0.0144. The maximum absolute atomic E-state index is 11.8. The molecule has 0 atom stereocenters. The average molecular weight is 242 g/mol. The van der Waals surface area contributed by atoms with E-state index in [1.807, 2.05) is 30.3 Å². The third kappa shape index (κ3) is 1.71. The molecule has 0 aliphatic heterocycles. The highest BCUT2D eigenvalue weighted by atomic mass is 16.1. The van der Waals surface area contributed by atoms with Gasteiger partial charge in [-0.05, 0) is 5.56 Å². The minimum atomic E-state index is -0.279. The number of fused-ring (bicyclic) bond motifs is 1. The molecule has 3 aromatic rings. The zero-order valence-corrected chi connectivity index (χ0v) is 9.37. The molecule has 18 heavy (non-hydrogen) atoms. The SMILES string of the molecule is Nc1nnc2[nH]c(=O)c(Cc3ccccc3)nn12. The number of hydrogen-bond acceptors (Lipinski definition) is 5. The molecular weight excluding hydrogens is 232 g/mol. The summed E-state index contributed by atoms with van der Waals surface area (Å²) in [7, 11) is 0. The summed E-state index contributed by atoms with van der Waals surface area (Å²) in [6.07, 6.45) is 0.434. The van der Waals surface area contributed by atoms with Gasteiger partial charge in [0.2, 0.25) is 5.95 Å². The van der Waals surface area contributed by atoms with Crippen LogP contribution < -0.4 is 11.3 Å². The Morgan fingerprint density at radius 2 is 2.00 bits per heavy atom. The van der Waals surface area contributed by atoms with Crippen molar-refractivity contribution in [1.82, 2.24) is 24.8 Å². The zero-order chi connectivity index (χ0) is 12.5. The first kappa shape index (κ1) is 10.5. The fraction of sp³-hybridized carbons (Fsp3) is 0.0909. The summed E-state index contributed by atoms with van der Waals surface area (Å²) in [5.74, 6) is 0.393. The van der Waals surface area contributed by atoms with E-state index in [-0.39, 0.29) is 17.3 Å². The number of aromatic nitrogens is 5. The maximum atomic E-state index is 11.8. The van der Waals surface area contributed by atoms with Gasteiger partial charge in [0, 0.05) is 6.42 Å². The Kier molecular flexibility index (Phi) is 2.30. The third-order valence-corrected chi connectivity index (χ3v) is 2.59. The van der Waals surface area contributed by atoms with E-state index in [2.05, 4.69) is 20.3 Å². The number of nitrogens with one attached hydrogen (secondary N) is 1. The molecule has 7 nitrogen and oxygen atoms in total. The fourth-order valence-corrected chi connectivity index (χ4v) is 1.71.